The van der Waals surface area contributed by atoms with Gasteiger partial charge in [0.2, 0.25) is 0 Å². The van der Waals surface area contributed by atoms with Crippen molar-refractivity contribution < 1.29 is 0 Å². The lowest BCUT2D eigenvalue weighted by molar-refractivity contribution is 0.922. The summed E-state index contributed by atoms with van der Waals surface area (Å²) in [7, 11) is 0. The Morgan fingerprint density at radius 1 is 1.46 bits per heavy atom. The van der Waals surface area contributed by atoms with Crippen molar-refractivity contribution >= 4 is 12.4 Å². The van der Waals surface area contributed by atoms with Crippen LogP contribution in [0, 0.1) is 0 Å². The summed E-state index contributed by atoms with van der Waals surface area (Å²) >= 11 is 0. The van der Waals surface area contributed by atoms with Gasteiger partial charge in [0.25, 0.3) is 0 Å². The fourth-order valence-electron chi connectivity index (χ4n) is 1.37. The van der Waals surface area contributed by atoms with Gasteiger partial charge in [-0.25, -0.2) is 0 Å². The molecule has 0 fully saturated rings. The van der Waals surface area contributed by atoms with Crippen LogP contribution in [-0.2, 0) is 13.0 Å². The Morgan fingerprint density at radius 2 is 2.23 bits per heavy atom. The average Bonchev–Trinajstić information content (AvgIpc) is 2.10. The molecule has 0 aliphatic heterocycles. The Morgan fingerprint density at radius 3 is 2.77 bits per heavy atom. The average molecular weight is 176 g/mol. The van der Waals surface area contributed by atoms with E-state index in [0.717, 1.165) is 24.1 Å². The highest BCUT2D eigenvalue weighted by Gasteiger charge is 1.98. The fraction of sp³-hybridized carbons (Fsp3) is 0.364. The fourth-order valence-corrected chi connectivity index (χ4v) is 1.37. The topological polar surface area (TPSA) is 38.4 Å². The van der Waals surface area contributed by atoms with Crippen LogP contribution >= 0.6 is 0 Å². The third-order valence-electron chi connectivity index (χ3n) is 2.02. The number of nitrogen functional groups attached to an aromatic ring is 1. The molecule has 0 bridgehead atoms. The maximum atomic E-state index is 5.88. The van der Waals surface area contributed by atoms with Crippen LogP contribution < -0.4 is 5.73 Å². The summed E-state index contributed by atoms with van der Waals surface area (Å²) < 4.78 is 0. The van der Waals surface area contributed by atoms with E-state index in [-0.39, 0.29) is 0 Å². The Bertz CT molecular complexity index is 292. The summed E-state index contributed by atoms with van der Waals surface area (Å²) in [4.78, 5) is 3.82. The van der Waals surface area contributed by atoms with Gasteiger partial charge < -0.3 is 5.73 Å². The Labute approximate surface area is 79.5 Å². The van der Waals surface area contributed by atoms with E-state index in [4.69, 9.17) is 5.73 Å². The summed E-state index contributed by atoms with van der Waals surface area (Å²) in [5, 5.41) is 0. The molecule has 0 spiro atoms. The van der Waals surface area contributed by atoms with Crippen molar-refractivity contribution in [2.24, 2.45) is 4.99 Å². The molecule has 2 heteroatoms. The van der Waals surface area contributed by atoms with Crippen molar-refractivity contribution in [2.75, 3.05) is 5.73 Å². The molecule has 0 heterocycles. The minimum absolute atomic E-state index is 0.649. The third kappa shape index (κ3) is 2.58. The molecule has 13 heavy (non-hydrogen) atoms. The summed E-state index contributed by atoms with van der Waals surface area (Å²) in [6, 6.07) is 6.13. The van der Waals surface area contributed by atoms with Gasteiger partial charge in [0.15, 0.2) is 0 Å². The summed E-state index contributed by atoms with van der Waals surface area (Å²) in [5.74, 6) is 0. The van der Waals surface area contributed by atoms with Crippen LogP contribution in [0.4, 0.5) is 5.69 Å². The first kappa shape index (κ1) is 9.78. The quantitative estimate of drug-likeness (QED) is 0.555. The van der Waals surface area contributed by atoms with Gasteiger partial charge in [0.1, 0.15) is 0 Å². The monoisotopic (exact) mass is 176 g/mol. The second-order valence-electron chi connectivity index (χ2n) is 3.16. The first-order valence-electron chi connectivity index (χ1n) is 4.57. The van der Waals surface area contributed by atoms with Crippen LogP contribution in [-0.4, -0.2) is 6.72 Å². The summed E-state index contributed by atoms with van der Waals surface area (Å²) in [6.45, 7) is 6.25. The SMILES string of the molecule is C=NCc1ccc(CCC)c(N)c1. The van der Waals surface area contributed by atoms with Crippen LogP contribution in [0.2, 0.25) is 0 Å². The summed E-state index contributed by atoms with van der Waals surface area (Å²) in [5.41, 5.74) is 9.12. The van der Waals surface area contributed by atoms with Crippen molar-refractivity contribution in [2.45, 2.75) is 26.3 Å². The van der Waals surface area contributed by atoms with E-state index in [9.17, 15) is 0 Å². The highest BCUT2D eigenvalue weighted by molar-refractivity contribution is 5.49. The lowest BCUT2D eigenvalue weighted by atomic mass is 10.1. The molecular weight excluding hydrogens is 160 g/mol. The standard InChI is InChI=1S/C11H16N2/c1-3-4-10-6-5-9(8-13-2)7-11(10)12/h5-7H,2-4,8,12H2,1H3. The molecule has 0 atom stereocenters. The second kappa shape index (κ2) is 4.65. The van der Waals surface area contributed by atoms with Gasteiger partial charge >= 0.3 is 0 Å². The van der Waals surface area contributed by atoms with E-state index in [2.05, 4.69) is 30.8 Å². The number of hydrogen-bond acceptors (Lipinski definition) is 2. The van der Waals surface area contributed by atoms with Crippen molar-refractivity contribution in [3.05, 3.63) is 29.3 Å². The van der Waals surface area contributed by atoms with Crippen LogP contribution in [0.25, 0.3) is 0 Å². The van der Waals surface area contributed by atoms with E-state index < -0.39 is 0 Å². The van der Waals surface area contributed by atoms with Crippen molar-refractivity contribution in [1.82, 2.24) is 0 Å². The molecule has 0 radical (unpaired) electrons. The Hall–Kier alpha value is -1.31. The maximum Gasteiger partial charge on any atom is 0.0633 e. The first-order chi connectivity index (χ1) is 6.27. The van der Waals surface area contributed by atoms with E-state index in [1.807, 2.05) is 6.07 Å². The minimum Gasteiger partial charge on any atom is -0.398 e. The first-order valence-corrected chi connectivity index (χ1v) is 4.57. The third-order valence-corrected chi connectivity index (χ3v) is 2.02. The number of aryl methyl sites for hydroxylation is 1. The van der Waals surface area contributed by atoms with Crippen LogP contribution in [0.5, 0.6) is 0 Å². The van der Waals surface area contributed by atoms with E-state index in [1.165, 1.54) is 5.56 Å². The molecule has 1 aromatic carbocycles. The van der Waals surface area contributed by atoms with Crippen molar-refractivity contribution in [3.8, 4) is 0 Å². The number of nitrogens with two attached hydrogens (primary N) is 1. The van der Waals surface area contributed by atoms with Gasteiger partial charge in [-0.1, -0.05) is 25.5 Å². The molecule has 0 amide bonds. The number of rotatable bonds is 4. The van der Waals surface area contributed by atoms with E-state index in [0.29, 0.717) is 6.54 Å². The van der Waals surface area contributed by atoms with Crippen molar-refractivity contribution in [3.63, 3.8) is 0 Å². The molecule has 0 aliphatic rings. The molecule has 0 saturated carbocycles. The highest BCUT2D eigenvalue weighted by atomic mass is 14.7. The predicted octanol–water partition coefficient (Wildman–Crippen LogP) is 2.42. The van der Waals surface area contributed by atoms with Crippen LogP contribution in [0.15, 0.2) is 23.2 Å². The van der Waals surface area contributed by atoms with Crippen LogP contribution in [0.1, 0.15) is 24.5 Å². The zero-order chi connectivity index (χ0) is 9.68. The summed E-state index contributed by atoms with van der Waals surface area (Å²) in [6.07, 6.45) is 2.18. The lowest BCUT2D eigenvalue weighted by Crippen LogP contribution is -1.95. The second-order valence-corrected chi connectivity index (χ2v) is 3.16. The van der Waals surface area contributed by atoms with Gasteiger partial charge in [-0.2, -0.15) is 0 Å². The number of hydrogen-bond donors (Lipinski definition) is 1. The molecule has 70 valence electrons. The Balaban J connectivity index is 2.84. The smallest absolute Gasteiger partial charge is 0.0633 e. The zero-order valence-electron chi connectivity index (χ0n) is 8.09. The molecule has 1 aromatic rings. The highest BCUT2D eigenvalue weighted by Crippen LogP contribution is 2.16. The molecule has 2 nitrogen and oxygen atoms in total. The molecular formula is C11H16N2. The van der Waals surface area contributed by atoms with E-state index in [1.54, 1.807) is 0 Å². The van der Waals surface area contributed by atoms with Gasteiger partial charge in [-0.15, -0.1) is 0 Å². The zero-order valence-corrected chi connectivity index (χ0v) is 8.09. The van der Waals surface area contributed by atoms with Gasteiger partial charge in [0.05, 0.1) is 6.54 Å². The lowest BCUT2D eigenvalue weighted by Gasteiger charge is -2.05. The molecule has 1 rings (SSSR count). The number of benzene rings is 1. The van der Waals surface area contributed by atoms with E-state index >= 15 is 0 Å². The molecule has 0 unspecified atom stereocenters. The molecule has 2 N–H and O–H groups in total. The maximum absolute atomic E-state index is 5.88. The van der Waals surface area contributed by atoms with Crippen LogP contribution in [0.3, 0.4) is 0 Å². The molecule has 0 aromatic heterocycles. The number of nitrogens with zero attached hydrogens (tertiary/aromatic N) is 1. The minimum atomic E-state index is 0.649. The largest absolute Gasteiger partial charge is 0.398 e. The van der Waals surface area contributed by atoms with Crippen molar-refractivity contribution in [1.29, 1.82) is 0 Å². The predicted molar refractivity (Wildman–Crippen MR) is 58.1 cm³/mol. The Kier molecular flexibility index (Phi) is 3.50. The number of anilines is 1. The number of aliphatic imine (C=N–C) groups is 1. The molecule has 0 saturated heterocycles. The van der Waals surface area contributed by atoms with Gasteiger partial charge in [0, 0.05) is 5.69 Å². The molecule has 0 aliphatic carbocycles. The van der Waals surface area contributed by atoms with Gasteiger partial charge in [-0.3, -0.25) is 4.99 Å². The normalized spacial score (nSPS) is 9.92. The van der Waals surface area contributed by atoms with Gasteiger partial charge in [-0.05, 0) is 30.3 Å².